The van der Waals surface area contributed by atoms with E-state index >= 15 is 0 Å². The van der Waals surface area contributed by atoms with Crippen LogP contribution in [0.3, 0.4) is 0 Å². The van der Waals surface area contributed by atoms with Gasteiger partial charge in [0.05, 0.1) is 21.7 Å². The molecule has 1 aliphatic carbocycles. The second-order valence-electron chi connectivity index (χ2n) is 6.51. The van der Waals surface area contributed by atoms with Gasteiger partial charge in [0.2, 0.25) is 5.91 Å². The number of benzene rings is 1. The quantitative estimate of drug-likeness (QED) is 0.831. The first-order valence-corrected chi connectivity index (χ1v) is 8.63. The number of aliphatic hydroxyl groups is 1. The zero-order valence-corrected chi connectivity index (χ0v) is 14.2. The van der Waals surface area contributed by atoms with Crippen molar-refractivity contribution in [1.82, 2.24) is 4.90 Å². The third-order valence-electron chi connectivity index (χ3n) is 5.27. The Labute approximate surface area is 141 Å². The number of likely N-dealkylation sites (tertiary alicyclic amines) is 1. The Hall–Kier alpha value is -0.770. The van der Waals surface area contributed by atoms with Crippen molar-refractivity contribution in [2.24, 2.45) is 5.92 Å². The van der Waals surface area contributed by atoms with E-state index in [1.807, 2.05) is 17.0 Å². The van der Waals surface area contributed by atoms with E-state index in [1.54, 1.807) is 13.0 Å². The van der Waals surface area contributed by atoms with E-state index in [-0.39, 0.29) is 17.9 Å². The van der Waals surface area contributed by atoms with Gasteiger partial charge < -0.3 is 10.0 Å². The average molecular weight is 342 g/mol. The maximum atomic E-state index is 12.1. The molecule has 2 aliphatic rings. The number of halogens is 2. The van der Waals surface area contributed by atoms with Gasteiger partial charge in [-0.1, -0.05) is 48.2 Å². The van der Waals surface area contributed by atoms with Crippen molar-refractivity contribution in [3.8, 4) is 0 Å². The zero-order chi connectivity index (χ0) is 15.9. The standard InChI is InChI=1S/C17H21Cl2NO2/c1-11(21)20-10-9-17(22)8-3-2-6-13(17)16(20)12-5-4-7-14(18)15(12)19/h4-5,7,13,16,22H,2-3,6,8-10H2,1H3/t13-,16-,17-/m1/s1. The number of nitrogens with zero attached hydrogens (tertiary/aromatic N) is 1. The summed E-state index contributed by atoms with van der Waals surface area (Å²) in [4.78, 5) is 14.0. The molecule has 0 spiro atoms. The van der Waals surface area contributed by atoms with Crippen LogP contribution in [0.1, 0.15) is 50.6 Å². The second-order valence-corrected chi connectivity index (χ2v) is 7.29. The third kappa shape index (κ3) is 2.64. The number of hydrogen-bond acceptors (Lipinski definition) is 2. The van der Waals surface area contributed by atoms with Crippen LogP contribution in [0.2, 0.25) is 10.0 Å². The first-order chi connectivity index (χ1) is 10.4. The summed E-state index contributed by atoms with van der Waals surface area (Å²) in [5.74, 6) is 0.0449. The molecule has 22 heavy (non-hydrogen) atoms. The third-order valence-corrected chi connectivity index (χ3v) is 6.11. The van der Waals surface area contributed by atoms with Crippen molar-refractivity contribution in [3.05, 3.63) is 33.8 Å². The van der Waals surface area contributed by atoms with Crippen molar-refractivity contribution in [2.45, 2.75) is 50.7 Å². The highest BCUT2D eigenvalue weighted by Gasteiger charge is 2.50. The zero-order valence-electron chi connectivity index (χ0n) is 12.7. The number of carbonyl (C=O) groups excluding carboxylic acids is 1. The van der Waals surface area contributed by atoms with Crippen molar-refractivity contribution in [2.75, 3.05) is 6.54 Å². The van der Waals surface area contributed by atoms with Crippen molar-refractivity contribution in [1.29, 1.82) is 0 Å². The topological polar surface area (TPSA) is 40.5 Å². The summed E-state index contributed by atoms with van der Waals surface area (Å²) in [6.07, 6.45) is 4.48. The van der Waals surface area contributed by atoms with Gasteiger partial charge in [0.25, 0.3) is 0 Å². The molecule has 0 bridgehead atoms. The van der Waals surface area contributed by atoms with Crippen LogP contribution in [0.25, 0.3) is 0 Å². The molecule has 1 amide bonds. The summed E-state index contributed by atoms with van der Waals surface area (Å²) in [6.45, 7) is 2.15. The van der Waals surface area contributed by atoms with E-state index in [0.29, 0.717) is 23.0 Å². The average Bonchev–Trinajstić information content (AvgIpc) is 2.48. The van der Waals surface area contributed by atoms with Gasteiger partial charge in [-0.05, 0) is 30.9 Å². The molecule has 1 heterocycles. The highest BCUT2D eigenvalue weighted by Crippen LogP contribution is 2.50. The normalized spacial score (nSPS) is 31.7. The lowest BCUT2D eigenvalue weighted by atomic mass is 9.66. The fourth-order valence-corrected chi connectivity index (χ4v) is 4.59. The molecule has 1 saturated carbocycles. The molecule has 1 aliphatic heterocycles. The minimum Gasteiger partial charge on any atom is -0.389 e. The van der Waals surface area contributed by atoms with E-state index in [4.69, 9.17) is 23.2 Å². The van der Waals surface area contributed by atoms with E-state index in [2.05, 4.69) is 0 Å². The smallest absolute Gasteiger partial charge is 0.219 e. The number of rotatable bonds is 1. The molecule has 120 valence electrons. The van der Waals surface area contributed by atoms with Crippen LogP contribution in [0.5, 0.6) is 0 Å². The fraction of sp³-hybridized carbons (Fsp3) is 0.588. The molecular weight excluding hydrogens is 321 g/mol. The van der Waals surface area contributed by atoms with Gasteiger partial charge in [-0.2, -0.15) is 0 Å². The predicted molar refractivity (Wildman–Crippen MR) is 88.1 cm³/mol. The molecule has 0 unspecified atom stereocenters. The van der Waals surface area contributed by atoms with Gasteiger partial charge in [0, 0.05) is 19.4 Å². The van der Waals surface area contributed by atoms with Crippen LogP contribution in [-0.2, 0) is 4.79 Å². The minimum absolute atomic E-state index is 0.0219. The molecule has 0 radical (unpaired) electrons. The number of fused-ring (bicyclic) bond motifs is 1. The van der Waals surface area contributed by atoms with Crippen LogP contribution >= 0.6 is 23.2 Å². The predicted octanol–water partition coefficient (Wildman–Crippen LogP) is 4.21. The van der Waals surface area contributed by atoms with Gasteiger partial charge >= 0.3 is 0 Å². The Balaban J connectivity index is 2.08. The molecule has 1 saturated heterocycles. The molecule has 5 heteroatoms. The molecular formula is C17H21Cl2NO2. The van der Waals surface area contributed by atoms with Gasteiger partial charge in [-0.3, -0.25) is 4.79 Å². The van der Waals surface area contributed by atoms with Crippen LogP contribution < -0.4 is 0 Å². The molecule has 1 N–H and O–H groups in total. The van der Waals surface area contributed by atoms with E-state index in [9.17, 15) is 9.90 Å². The van der Waals surface area contributed by atoms with Crippen LogP contribution in [-0.4, -0.2) is 28.1 Å². The summed E-state index contributed by atoms with van der Waals surface area (Å²) in [7, 11) is 0. The lowest BCUT2D eigenvalue weighted by Crippen LogP contribution is -2.55. The summed E-state index contributed by atoms with van der Waals surface area (Å²) in [5.41, 5.74) is 0.162. The van der Waals surface area contributed by atoms with Crippen LogP contribution in [0, 0.1) is 5.92 Å². The van der Waals surface area contributed by atoms with Gasteiger partial charge in [0.1, 0.15) is 0 Å². The highest BCUT2D eigenvalue weighted by molar-refractivity contribution is 6.42. The summed E-state index contributed by atoms with van der Waals surface area (Å²) < 4.78 is 0. The van der Waals surface area contributed by atoms with E-state index < -0.39 is 5.60 Å². The summed E-state index contributed by atoms with van der Waals surface area (Å²) >= 11 is 12.6. The number of piperidine rings is 1. The van der Waals surface area contributed by atoms with Crippen LogP contribution in [0.15, 0.2) is 18.2 Å². The largest absolute Gasteiger partial charge is 0.389 e. The lowest BCUT2D eigenvalue weighted by molar-refractivity contribution is -0.153. The number of carbonyl (C=O) groups is 1. The van der Waals surface area contributed by atoms with Crippen LogP contribution in [0.4, 0.5) is 0 Å². The van der Waals surface area contributed by atoms with Gasteiger partial charge in [-0.25, -0.2) is 0 Å². The van der Waals surface area contributed by atoms with Gasteiger partial charge in [0.15, 0.2) is 0 Å². The molecule has 3 nitrogen and oxygen atoms in total. The maximum Gasteiger partial charge on any atom is 0.219 e. The molecule has 3 rings (SSSR count). The lowest BCUT2D eigenvalue weighted by Gasteiger charge is -2.52. The van der Waals surface area contributed by atoms with Crippen molar-refractivity contribution >= 4 is 29.1 Å². The Morgan fingerprint density at radius 2 is 2.09 bits per heavy atom. The Morgan fingerprint density at radius 1 is 1.32 bits per heavy atom. The van der Waals surface area contributed by atoms with Crippen molar-refractivity contribution in [3.63, 3.8) is 0 Å². The Morgan fingerprint density at radius 3 is 2.82 bits per heavy atom. The first-order valence-electron chi connectivity index (χ1n) is 7.87. The molecule has 2 fully saturated rings. The SMILES string of the molecule is CC(=O)N1CC[C@]2(O)CCCC[C@@H]2[C@H]1c1cccc(Cl)c1Cl. The molecule has 3 atom stereocenters. The molecule has 0 aromatic heterocycles. The fourth-order valence-electron chi connectivity index (χ4n) is 4.17. The Kier molecular flexibility index (Phi) is 4.41. The second kappa shape index (κ2) is 6.03. The molecule has 1 aromatic rings. The highest BCUT2D eigenvalue weighted by atomic mass is 35.5. The summed E-state index contributed by atoms with van der Waals surface area (Å²) in [6, 6.07) is 5.34. The van der Waals surface area contributed by atoms with E-state index in [1.165, 1.54) is 0 Å². The Bertz CT molecular complexity index is 592. The molecule has 1 aromatic carbocycles. The van der Waals surface area contributed by atoms with Crippen molar-refractivity contribution < 1.29 is 9.90 Å². The number of hydrogen-bond donors (Lipinski definition) is 1. The van der Waals surface area contributed by atoms with E-state index in [0.717, 1.165) is 31.2 Å². The van der Waals surface area contributed by atoms with Gasteiger partial charge in [-0.15, -0.1) is 0 Å². The number of amides is 1. The summed E-state index contributed by atoms with van der Waals surface area (Å²) in [5, 5.41) is 12.1. The maximum absolute atomic E-state index is 12.1. The minimum atomic E-state index is -0.694. The monoisotopic (exact) mass is 341 g/mol. The first kappa shape index (κ1) is 16.1.